The van der Waals surface area contributed by atoms with E-state index in [1.54, 1.807) is 31.2 Å². The van der Waals surface area contributed by atoms with Crippen molar-refractivity contribution in [1.29, 1.82) is 0 Å². The van der Waals surface area contributed by atoms with Crippen molar-refractivity contribution in [2.75, 3.05) is 13.2 Å². The van der Waals surface area contributed by atoms with E-state index >= 15 is 0 Å². The van der Waals surface area contributed by atoms with Gasteiger partial charge in [-0.3, -0.25) is 4.79 Å². The van der Waals surface area contributed by atoms with E-state index in [2.05, 4.69) is 5.32 Å². The van der Waals surface area contributed by atoms with E-state index in [1.807, 2.05) is 6.07 Å². The first kappa shape index (κ1) is 14.2. The topological polar surface area (TPSA) is 61.4 Å². The molecule has 0 atom stereocenters. The number of nitrogens with one attached hydrogen (secondary N) is 1. The fraction of sp³-hybridized carbons (Fsp3) is 0.231. The van der Waals surface area contributed by atoms with Crippen LogP contribution in [0.15, 0.2) is 36.4 Å². The molecule has 0 aliphatic heterocycles. The third-order valence-corrected chi connectivity index (χ3v) is 2.29. The van der Waals surface area contributed by atoms with Crippen molar-refractivity contribution in [3.63, 3.8) is 0 Å². The van der Waals surface area contributed by atoms with E-state index in [-0.39, 0.29) is 17.3 Å². The number of carbonyl (C=O) groups is 1. The van der Waals surface area contributed by atoms with Crippen molar-refractivity contribution in [2.24, 2.45) is 0 Å². The summed E-state index contributed by atoms with van der Waals surface area (Å²) in [5.41, 5.74) is 0.554. The molecule has 1 aromatic rings. The summed E-state index contributed by atoms with van der Waals surface area (Å²) in [6, 6.07) is 8.78. The molecule has 0 aliphatic rings. The summed E-state index contributed by atoms with van der Waals surface area (Å²) in [4.78, 5) is 11.3. The van der Waals surface area contributed by atoms with Crippen LogP contribution in [0.5, 0.6) is 0 Å². The van der Waals surface area contributed by atoms with Gasteiger partial charge in [-0.15, -0.1) is 0 Å². The van der Waals surface area contributed by atoms with Gasteiger partial charge in [0.15, 0.2) is 0 Å². The molecule has 0 heterocycles. The number of hydrogen-bond acceptors (Lipinski definition) is 4. The Bertz CT molecular complexity index is 443. The number of ether oxygens (including phenoxy) is 1. The molecule has 0 radical (unpaired) electrons. The molecule has 0 spiro atoms. The van der Waals surface area contributed by atoms with Gasteiger partial charge < -0.3 is 15.2 Å². The van der Waals surface area contributed by atoms with Crippen molar-refractivity contribution in [3.05, 3.63) is 42.0 Å². The quantitative estimate of drug-likeness (QED) is 0.370. The van der Waals surface area contributed by atoms with Crippen LogP contribution in [-0.2, 0) is 9.53 Å². The van der Waals surface area contributed by atoms with E-state index < -0.39 is 5.97 Å². The molecule has 1 aromatic carbocycles. The van der Waals surface area contributed by atoms with Gasteiger partial charge in [-0.2, -0.15) is 0 Å². The maximum absolute atomic E-state index is 11.7. The second-order valence-electron chi connectivity index (χ2n) is 3.40. The third kappa shape index (κ3) is 4.97. The normalized spacial score (nSPS) is 10.8. The first-order valence-electron chi connectivity index (χ1n) is 5.51. The largest absolute Gasteiger partial charge is 0.872 e. The molecule has 5 heteroatoms. The van der Waals surface area contributed by atoms with Gasteiger partial charge in [0.2, 0.25) is 0 Å². The molecule has 0 aromatic heterocycles. The summed E-state index contributed by atoms with van der Waals surface area (Å²) < 4.78 is 4.72. The SMILES string of the molecule is CCOC(=O)CNC(=S)/C=C(\[O-])c1ccccc1. The van der Waals surface area contributed by atoms with E-state index in [1.165, 1.54) is 6.08 Å². The molecule has 1 N–H and O–H groups in total. The smallest absolute Gasteiger partial charge is 0.325 e. The van der Waals surface area contributed by atoms with Crippen LogP contribution in [0.1, 0.15) is 12.5 Å². The van der Waals surface area contributed by atoms with Crippen LogP contribution >= 0.6 is 12.2 Å². The Balaban J connectivity index is 2.51. The highest BCUT2D eigenvalue weighted by Crippen LogP contribution is 2.06. The number of rotatable bonds is 5. The minimum absolute atomic E-state index is 0.0365. The summed E-state index contributed by atoms with van der Waals surface area (Å²) in [5.74, 6) is -0.600. The predicted molar refractivity (Wildman–Crippen MR) is 71.7 cm³/mol. The van der Waals surface area contributed by atoms with Crippen molar-refractivity contribution in [3.8, 4) is 0 Å². The molecule has 0 bridgehead atoms. The zero-order valence-corrected chi connectivity index (χ0v) is 10.8. The van der Waals surface area contributed by atoms with Crippen LogP contribution in [0.25, 0.3) is 5.76 Å². The fourth-order valence-corrected chi connectivity index (χ4v) is 1.41. The highest BCUT2D eigenvalue weighted by Gasteiger charge is 2.01. The molecule has 1 rings (SSSR count). The Morgan fingerprint density at radius 1 is 1.44 bits per heavy atom. The summed E-state index contributed by atoms with van der Waals surface area (Å²) in [6.45, 7) is 2.01. The molecule has 0 saturated carbocycles. The molecule has 0 fully saturated rings. The van der Waals surface area contributed by atoms with Gasteiger partial charge in [0, 0.05) is 0 Å². The molecule has 0 aliphatic carbocycles. The van der Waals surface area contributed by atoms with Crippen LogP contribution in [-0.4, -0.2) is 24.1 Å². The van der Waals surface area contributed by atoms with Crippen LogP contribution in [0.2, 0.25) is 0 Å². The van der Waals surface area contributed by atoms with Gasteiger partial charge in [0.1, 0.15) is 6.54 Å². The Morgan fingerprint density at radius 2 is 2.11 bits per heavy atom. The van der Waals surface area contributed by atoms with Crippen LogP contribution in [0.3, 0.4) is 0 Å². The monoisotopic (exact) mass is 264 g/mol. The minimum Gasteiger partial charge on any atom is -0.872 e. The Kier molecular flexibility index (Phi) is 5.87. The van der Waals surface area contributed by atoms with Crippen LogP contribution in [0.4, 0.5) is 0 Å². The number of esters is 1. The molecule has 18 heavy (non-hydrogen) atoms. The first-order valence-corrected chi connectivity index (χ1v) is 5.92. The lowest BCUT2D eigenvalue weighted by Gasteiger charge is -2.13. The minimum atomic E-state index is -0.402. The zero-order valence-electron chi connectivity index (χ0n) is 10.0. The molecule has 4 nitrogen and oxygen atoms in total. The Labute approximate surface area is 111 Å². The average Bonchev–Trinajstić information content (AvgIpc) is 2.38. The van der Waals surface area contributed by atoms with Gasteiger partial charge >= 0.3 is 5.97 Å². The second kappa shape index (κ2) is 7.45. The van der Waals surface area contributed by atoms with Gasteiger partial charge in [0.05, 0.1) is 11.6 Å². The number of carbonyl (C=O) groups excluding carboxylic acids is 1. The number of benzene rings is 1. The van der Waals surface area contributed by atoms with E-state index in [9.17, 15) is 9.90 Å². The van der Waals surface area contributed by atoms with Gasteiger partial charge in [0.25, 0.3) is 0 Å². The fourth-order valence-electron chi connectivity index (χ4n) is 1.23. The lowest BCUT2D eigenvalue weighted by Crippen LogP contribution is -2.28. The van der Waals surface area contributed by atoms with Crippen LogP contribution < -0.4 is 10.4 Å². The zero-order chi connectivity index (χ0) is 13.4. The lowest BCUT2D eigenvalue weighted by molar-refractivity contribution is -0.243. The summed E-state index contributed by atoms with van der Waals surface area (Å²) in [6.07, 6.45) is 1.28. The van der Waals surface area contributed by atoms with Gasteiger partial charge in [-0.1, -0.05) is 48.3 Å². The summed E-state index contributed by atoms with van der Waals surface area (Å²) in [7, 11) is 0. The maximum atomic E-state index is 11.7. The summed E-state index contributed by atoms with van der Waals surface area (Å²) in [5, 5.41) is 14.4. The number of thiocarbonyl (C=S) groups is 1. The molecule has 0 amide bonds. The maximum Gasteiger partial charge on any atom is 0.325 e. The third-order valence-electron chi connectivity index (χ3n) is 2.03. The van der Waals surface area contributed by atoms with E-state index in [4.69, 9.17) is 17.0 Å². The van der Waals surface area contributed by atoms with Crippen molar-refractivity contribution in [2.45, 2.75) is 6.92 Å². The van der Waals surface area contributed by atoms with Crippen LogP contribution in [0, 0.1) is 0 Å². The second-order valence-corrected chi connectivity index (χ2v) is 3.84. The van der Waals surface area contributed by atoms with Crippen molar-refractivity contribution >= 4 is 28.9 Å². The Hall–Kier alpha value is -1.88. The standard InChI is InChI=1S/C13H15NO3S/c1-2-17-13(16)9-14-12(18)8-11(15)10-6-4-3-5-7-10/h3-8,15H,2,9H2,1H3,(H,14,18)/p-1/b11-8-. The van der Waals surface area contributed by atoms with Crippen molar-refractivity contribution in [1.82, 2.24) is 5.32 Å². The molecule has 0 unspecified atom stereocenters. The highest BCUT2D eigenvalue weighted by molar-refractivity contribution is 7.80. The summed E-state index contributed by atoms with van der Waals surface area (Å²) >= 11 is 4.94. The molecule has 96 valence electrons. The molecular formula is C13H14NO3S-. The molecular weight excluding hydrogens is 250 g/mol. The highest BCUT2D eigenvalue weighted by atomic mass is 32.1. The van der Waals surface area contributed by atoms with Gasteiger partial charge in [-0.25, -0.2) is 0 Å². The molecule has 0 saturated heterocycles. The average molecular weight is 264 g/mol. The predicted octanol–water partition coefficient (Wildman–Crippen LogP) is 0.868. The first-order chi connectivity index (χ1) is 8.63. The lowest BCUT2D eigenvalue weighted by atomic mass is 10.2. The van der Waals surface area contributed by atoms with E-state index in [0.717, 1.165) is 0 Å². The number of hydrogen-bond donors (Lipinski definition) is 1. The Morgan fingerprint density at radius 3 is 2.72 bits per heavy atom. The van der Waals surface area contributed by atoms with Gasteiger partial charge in [-0.05, 0) is 18.6 Å². The van der Waals surface area contributed by atoms with E-state index in [0.29, 0.717) is 12.2 Å². The van der Waals surface area contributed by atoms with Crippen molar-refractivity contribution < 1.29 is 14.6 Å².